The first kappa shape index (κ1) is 18.3. The molecule has 1 fully saturated rings. The molecule has 2 unspecified atom stereocenters. The van der Waals surface area contributed by atoms with Crippen LogP contribution in [0.25, 0.3) is 0 Å². The van der Waals surface area contributed by atoms with E-state index >= 15 is 0 Å². The molecule has 1 aromatic heterocycles. The molecular formula is C14H24ClN3O2S. The van der Waals surface area contributed by atoms with Gasteiger partial charge in [-0.3, -0.25) is 4.79 Å². The minimum absolute atomic E-state index is 0. The molecule has 1 amide bonds. The van der Waals surface area contributed by atoms with Crippen molar-refractivity contribution in [2.45, 2.75) is 51.4 Å². The van der Waals surface area contributed by atoms with Crippen molar-refractivity contribution in [1.29, 1.82) is 0 Å². The number of aryl methyl sites for hydroxylation is 2. The highest BCUT2D eigenvalue weighted by atomic mass is 35.5. The summed E-state index contributed by atoms with van der Waals surface area (Å²) in [6, 6.07) is 0.621. The number of thioether (sulfide) groups is 1. The van der Waals surface area contributed by atoms with Gasteiger partial charge in [0.05, 0.1) is 11.4 Å². The molecule has 2 heterocycles. The van der Waals surface area contributed by atoms with Crippen LogP contribution >= 0.6 is 24.2 Å². The number of nitrogens with zero attached hydrogens (tertiary/aromatic N) is 1. The van der Waals surface area contributed by atoms with Crippen molar-refractivity contribution < 1.29 is 9.32 Å². The number of halogens is 1. The summed E-state index contributed by atoms with van der Waals surface area (Å²) in [5.41, 5.74) is 2.02. The Balaban J connectivity index is 0.00000220. The standard InChI is InChI=1S/C14H23N3O2S.ClH/c1-9-12(11(3)19-17-9)7-20-8-14(18)16-13-5-4-6-15-10(13)2;/h10,13,15H,4-8H2,1-3H3,(H,16,18);1H. The van der Waals surface area contributed by atoms with Gasteiger partial charge in [-0.25, -0.2) is 0 Å². The molecule has 2 N–H and O–H groups in total. The monoisotopic (exact) mass is 333 g/mol. The van der Waals surface area contributed by atoms with Gasteiger partial charge in [-0.2, -0.15) is 0 Å². The zero-order valence-electron chi connectivity index (χ0n) is 12.8. The van der Waals surface area contributed by atoms with E-state index in [0.717, 1.165) is 42.2 Å². The van der Waals surface area contributed by atoms with Crippen LogP contribution in [0.4, 0.5) is 0 Å². The second-order valence-electron chi connectivity index (χ2n) is 5.35. The summed E-state index contributed by atoms with van der Waals surface area (Å²) in [6.45, 7) is 7.02. The van der Waals surface area contributed by atoms with Crippen molar-refractivity contribution in [2.24, 2.45) is 0 Å². The molecule has 0 spiro atoms. The number of hydrogen-bond acceptors (Lipinski definition) is 5. The normalized spacial score (nSPS) is 21.7. The highest BCUT2D eigenvalue weighted by Crippen LogP contribution is 2.19. The van der Waals surface area contributed by atoms with Crippen LogP contribution in [0.2, 0.25) is 0 Å². The van der Waals surface area contributed by atoms with Crippen LogP contribution in [0.1, 0.15) is 36.8 Å². The Morgan fingerprint density at radius 1 is 1.52 bits per heavy atom. The molecule has 1 aromatic rings. The first-order valence-electron chi connectivity index (χ1n) is 7.10. The zero-order valence-corrected chi connectivity index (χ0v) is 14.4. The molecule has 21 heavy (non-hydrogen) atoms. The van der Waals surface area contributed by atoms with Crippen LogP contribution in [0.5, 0.6) is 0 Å². The van der Waals surface area contributed by atoms with Crippen molar-refractivity contribution in [2.75, 3.05) is 12.3 Å². The van der Waals surface area contributed by atoms with Crippen LogP contribution < -0.4 is 10.6 Å². The van der Waals surface area contributed by atoms with E-state index < -0.39 is 0 Å². The number of hydrogen-bond donors (Lipinski definition) is 2. The number of carbonyl (C=O) groups excluding carboxylic acids is 1. The van der Waals surface area contributed by atoms with E-state index in [0.29, 0.717) is 11.8 Å². The van der Waals surface area contributed by atoms with Crippen molar-refractivity contribution in [3.8, 4) is 0 Å². The van der Waals surface area contributed by atoms with Gasteiger partial charge in [-0.15, -0.1) is 24.2 Å². The van der Waals surface area contributed by atoms with E-state index in [1.54, 1.807) is 11.8 Å². The number of aromatic nitrogens is 1. The number of carbonyl (C=O) groups is 1. The van der Waals surface area contributed by atoms with Gasteiger partial charge >= 0.3 is 0 Å². The van der Waals surface area contributed by atoms with Gasteiger partial charge in [0.25, 0.3) is 0 Å². The molecule has 2 atom stereocenters. The second kappa shape index (κ2) is 8.66. The van der Waals surface area contributed by atoms with Gasteiger partial charge < -0.3 is 15.2 Å². The van der Waals surface area contributed by atoms with E-state index in [1.807, 2.05) is 13.8 Å². The maximum absolute atomic E-state index is 12.0. The largest absolute Gasteiger partial charge is 0.361 e. The van der Waals surface area contributed by atoms with Crippen molar-refractivity contribution >= 4 is 30.1 Å². The topological polar surface area (TPSA) is 67.2 Å². The fourth-order valence-corrected chi connectivity index (χ4v) is 3.43. The third-order valence-corrected chi connectivity index (χ3v) is 4.73. The summed E-state index contributed by atoms with van der Waals surface area (Å²) in [6.07, 6.45) is 2.19. The summed E-state index contributed by atoms with van der Waals surface area (Å²) in [5.74, 6) is 2.21. The molecule has 5 nitrogen and oxygen atoms in total. The van der Waals surface area contributed by atoms with Crippen LogP contribution in [-0.2, 0) is 10.5 Å². The molecule has 2 rings (SSSR count). The first-order valence-corrected chi connectivity index (χ1v) is 8.25. The molecule has 0 aliphatic carbocycles. The van der Waals surface area contributed by atoms with Crippen molar-refractivity contribution in [3.05, 3.63) is 17.0 Å². The molecule has 120 valence electrons. The summed E-state index contributed by atoms with van der Waals surface area (Å²) in [4.78, 5) is 12.0. The Morgan fingerprint density at radius 2 is 2.29 bits per heavy atom. The van der Waals surface area contributed by atoms with Gasteiger partial charge in [0.2, 0.25) is 5.91 Å². The average Bonchev–Trinajstić information content (AvgIpc) is 2.73. The molecule has 0 aromatic carbocycles. The SMILES string of the molecule is Cc1noc(C)c1CSCC(=O)NC1CCCNC1C.Cl. The van der Waals surface area contributed by atoms with Gasteiger partial charge in [0.1, 0.15) is 5.76 Å². The van der Waals surface area contributed by atoms with Gasteiger partial charge in [-0.05, 0) is 40.2 Å². The third-order valence-electron chi connectivity index (χ3n) is 3.77. The lowest BCUT2D eigenvalue weighted by atomic mass is 10.00. The lowest BCUT2D eigenvalue weighted by Crippen LogP contribution is -2.52. The summed E-state index contributed by atoms with van der Waals surface area (Å²) in [7, 11) is 0. The van der Waals surface area contributed by atoms with Crippen LogP contribution in [0, 0.1) is 13.8 Å². The molecule has 1 aliphatic rings. The quantitative estimate of drug-likeness (QED) is 0.864. The third kappa shape index (κ3) is 5.20. The predicted octanol–water partition coefficient (Wildman–Crippen LogP) is 2.20. The summed E-state index contributed by atoms with van der Waals surface area (Å²) < 4.78 is 5.12. The first-order chi connectivity index (χ1) is 9.58. The minimum atomic E-state index is 0. The smallest absolute Gasteiger partial charge is 0.230 e. The molecular weight excluding hydrogens is 310 g/mol. The Bertz CT molecular complexity index is 448. The molecule has 0 radical (unpaired) electrons. The number of piperidine rings is 1. The molecule has 1 aliphatic heterocycles. The minimum Gasteiger partial charge on any atom is -0.361 e. The lowest BCUT2D eigenvalue weighted by molar-refractivity contribution is -0.119. The van der Waals surface area contributed by atoms with Crippen LogP contribution in [-0.4, -0.2) is 35.4 Å². The molecule has 0 saturated carbocycles. The van der Waals surface area contributed by atoms with Crippen molar-refractivity contribution in [3.63, 3.8) is 0 Å². The maximum atomic E-state index is 12.0. The summed E-state index contributed by atoms with van der Waals surface area (Å²) >= 11 is 1.60. The van der Waals surface area contributed by atoms with E-state index in [4.69, 9.17) is 4.52 Å². The van der Waals surface area contributed by atoms with E-state index in [-0.39, 0.29) is 24.4 Å². The van der Waals surface area contributed by atoms with Crippen LogP contribution in [0.15, 0.2) is 4.52 Å². The number of rotatable bonds is 5. The van der Waals surface area contributed by atoms with Gasteiger partial charge in [0, 0.05) is 23.4 Å². The molecule has 7 heteroatoms. The fourth-order valence-electron chi connectivity index (χ4n) is 2.44. The van der Waals surface area contributed by atoms with E-state index in [2.05, 4.69) is 22.7 Å². The molecule has 1 saturated heterocycles. The van der Waals surface area contributed by atoms with Gasteiger partial charge in [-0.1, -0.05) is 5.16 Å². The predicted molar refractivity (Wildman–Crippen MR) is 88.0 cm³/mol. The van der Waals surface area contributed by atoms with E-state index in [1.165, 1.54) is 0 Å². The lowest BCUT2D eigenvalue weighted by Gasteiger charge is -2.30. The Morgan fingerprint density at radius 3 is 2.90 bits per heavy atom. The van der Waals surface area contributed by atoms with E-state index in [9.17, 15) is 4.79 Å². The Hall–Kier alpha value is -0.720. The molecule has 0 bridgehead atoms. The average molecular weight is 334 g/mol. The highest BCUT2D eigenvalue weighted by Gasteiger charge is 2.22. The van der Waals surface area contributed by atoms with Crippen molar-refractivity contribution in [1.82, 2.24) is 15.8 Å². The Kier molecular flexibility index (Phi) is 7.56. The Labute approximate surface area is 136 Å². The van der Waals surface area contributed by atoms with Crippen LogP contribution in [0.3, 0.4) is 0 Å². The second-order valence-corrected chi connectivity index (χ2v) is 6.34. The zero-order chi connectivity index (χ0) is 14.5. The fraction of sp³-hybridized carbons (Fsp3) is 0.714. The highest BCUT2D eigenvalue weighted by molar-refractivity contribution is 7.99. The van der Waals surface area contributed by atoms with Gasteiger partial charge in [0.15, 0.2) is 0 Å². The summed E-state index contributed by atoms with van der Waals surface area (Å²) in [5, 5.41) is 10.4. The maximum Gasteiger partial charge on any atom is 0.230 e. The number of nitrogens with one attached hydrogen (secondary N) is 2. The number of amides is 1.